The third kappa shape index (κ3) is 4.83. The molecule has 7 heteroatoms. The number of pyridine rings is 1. The molecular weight excluding hydrogens is 270 g/mol. The zero-order chi connectivity index (χ0) is 15.1. The molecule has 0 fully saturated rings. The molecule has 1 heterocycles. The van der Waals surface area contributed by atoms with E-state index in [9.17, 15) is 9.59 Å². The molecular formula is C14H15N5O2. The van der Waals surface area contributed by atoms with Gasteiger partial charge < -0.3 is 16.4 Å². The number of urea groups is 2. The molecule has 0 saturated heterocycles. The average molecular weight is 285 g/mol. The summed E-state index contributed by atoms with van der Waals surface area (Å²) in [7, 11) is 0. The number of nitrogens with one attached hydrogen (secondary N) is 3. The Labute approximate surface area is 121 Å². The Kier molecular flexibility index (Phi) is 4.70. The molecule has 0 spiro atoms. The van der Waals surface area contributed by atoms with Gasteiger partial charge in [0.15, 0.2) is 0 Å². The molecule has 0 radical (unpaired) electrons. The smallest absolute Gasteiger partial charge is 0.324 e. The first-order valence-electron chi connectivity index (χ1n) is 6.25. The molecule has 0 aliphatic carbocycles. The van der Waals surface area contributed by atoms with Crippen molar-refractivity contribution in [1.29, 1.82) is 0 Å². The number of primary amides is 1. The number of rotatable bonds is 4. The number of benzene rings is 1. The number of carbonyl (C=O) groups is 2. The minimum Gasteiger partial charge on any atom is -0.352 e. The lowest BCUT2D eigenvalue weighted by molar-refractivity contribution is 0.248. The molecule has 0 bridgehead atoms. The van der Waals surface area contributed by atoms with Gasteiger partial charge in [-0.15, -0.1) is 0 Å². The lowest BCUT2D eigenvalue weighted by Gasteiger charge is -2.08. The van der Waals surface area contributed by atoms with Crippen molar-refractivity contribution < 1.29 is 9.59 Å². The van der Waals surface area contributed by atoms with E-state index in [0.29, 0.717) is 18.1 Å². The van der Waals surface area contributed by atoms with Crippen LogP contribution in [0.2, 0.25) is 0 Å². The Balaban J connectivity index is 1.88. The van der Waals surface area contributed by atoms with Crippen LogP contribution < -0.4 is 21.7 Å². The second-order valence-corrected chi connectivity index (χ2v) is 4.21. The normalized spacial score (nSPS) is 9.71. The van der Waals surface area contributed by atoms with Gasteiger partial charge >= 0.3 is 12.1 Å². The van der Waals surface area contributed by atoms with Crippen LogP contribution in [0.15, 0.2) is 48.7 Å². The predicted molar refractivity (Wildman–Crippen MR) is 79.7 cm³/mol. The van der Waals surface area contributed by atoms with Crippen LogP contribution in [-0.2, 0) is 6.54 Å². The van der Waals surface area contributed by atoms with Crippen LogP contribution in [0.25, 0.3) is 0 Å². The Morgan fingerprint density at radius 2 is 1.81 bits per heavy atom. The summed E-state index contributed by atoms with van der Waals surface area (Å²) in [5.74, 6) is 0.470. The van der Waals surface area contributed by atoms with Crippen molar-refractivity contribution in [2.24, 2.45) is 5.73 Å². The van der Waals surface area contributed by atoms with Gasteiger partial charge in [-0.2, -0.15) is 0 Å². The molecule has 2 aromatic rings. The van der Waals surface area contributed by atoms with Crippen LogP contribution in [0.3, 0.4) is 0 Å². The summed E-state index contributed by atoms with van der Waals surface area (Å²) in [5.41, 5.74) is 6.50. The summed E-state index contributed by atoms with van der Waals surface area (Å²) in [6.45, 7) is 0.343. The van der Waals surface area contributed by atoms with Crippen LogP contribution in [0.5, 0.6) is 0 Å². The SMILES string of the molecule is NC(=O)NCc1ccc(NC(=O)Nc2ccccn2)cc1. The molecule has 1 aromatic carbocycles. The molecule has 0 aliphatic heterocycles. The lowest BCUT2D eigenvalue weighted by atomic mass is 10.2. The first-order valence-corrected chi connectivity index (χ1v) is 6.25. The number of amides is 4. The van der Waals surface area contributed by atoms with E-state index in [0.717, 1.165) is 5.56 Å². The molecule has 0 atom stereocenters. The number of carbonyl (C=O) groups excluding carboxylic acids is 2. The highest BCUT2D eigenvalue weighted by Gasteiger charge is 2.03. The van der Waals surface area contributed by atoms with Crippen LogP contribution in [0.4, 0.5) is 21.1 Å². The van der Waals surface area contributed by atoms with Crippen molar-refractivity contribution in [3.8, 4) is 0 Å². The molecule has 7 nitrogen and oxygen atoms in total. The number of anilines is 2. The van der Waals surface area contributed by atoms with Gasteiger partial charge in [-0.3, -0.25) is 5.32 Å². The number of aromatic nitrogens is 1. The first-order chi connectivity index (χ1) is 10.1. The average Bonchev–Trinajstić information content (AvgIpc) is 2.47. The molecule has 4 amide bonds. The van der Waals surface area contributed by atoms with Crippen molar-refractivity contribution in [2.75, 3.05) is 10.6 Å². The van der Waals surface area contributed by atoms with E-state index in [2.05, 4.69) is 20.9 Å². The van der Waals surface area contributed by atoms with Crippen LogP contribution in [0.1, 0.15) is 5.56 Å². The summed E-state index contributed by atoms with van der Waals surface area (Å²) < 4.78 is 0. The van der Waals surface area contributed by atoms with E-state index in [4.69, 9.17) is 5.73 Å². The number of nitrogens with zero attached hydrogens (tertiary/aromatic N) is 1. The van der Waals surface area contributed by atoms with Gasteiger partial charge in [0.05, 0.1) is 0 Å². The van der Waals surface area contributed by atoms with E-state index in [-0.39, 0.29) is 6.03 Å². The molecule has 5 N–H and O–H groups in total. The van der Waals surface area contributed by atoms with Gasteiger partial charge in [-0.05, 0) is 29.8 Å². The van der Waals surface area contributed by atoms with Crippen molar-refractivity contribution in [1.82, 2.24) is 10.3 Å². The summed E-state index contributed by atoms with van der Waals surface area (Å²) >= 11 is 0. The van der Waals surface area contributed by atoms with Crippen molar-refractivity contribution in [3.63, 3.8) is 0 Å². The maximum atomic E-state index is 11.7. The standard InChI is InChI=1S/C14H15N5O2/c15-13(20)17-9-10-4-6-11(7-5-10)18-14(21)19-12-3-1-2-8-16-12/h1-8H,9H2,(H3,15,17,20)(H2,16,18,19,21). The van der Waals surface area contributed by atoms with E-state index in [1.54, 1.807) is 48.7 Å². The van der Waals surface area contributed by atoms with Crippen LogP contribution >= 0.6 is 0 Å². The van der Waals surface area contributed by atoms with Crippen molar-refractivity contribution in [2.45, 2.75) is 6.54 Å². The lowest BCUT2D eigenvalue weighted by Crippen LogP contribution is -2.28. The zero-order valence-electron chi connectivity index (χ0n) is 11.2. The minimum atomic E-state index is -0.577. The molecule has 0 unspecified atom stereocenters. The third-order valence-electron chi connectivity index (χ3n) is 2.59. The quantitative estimate of drug-likeness (QED) is 0.688. The second kappa shape index (κ2) is 6.90. The molecule has 0 aliphatic rings. The van der Waals surface area contributed by atoms with E-state index in [1.165, 1.54) is 0 Å². The summed E-state index contributed by atoms with van der Waals surface area (Å²) in [5, 5.41) is 7.78. The maximum Gasteiger partial charge on any atom is 0.324 e. The highest BCUT2D eigenvalue weighted by atomic mass is 16.2. The monoisotopic (exact) mass is 285 g/mol. The van der Waals surface area contributed by atoms with Gasteiger partial charge in [0.2, 0.25) is 0 Å². The number of hydrogen-bond donors (Lipinski definition) is 4. The van der Waals surface area contributed by atoms with Gasteiger partial charge in [0.25, 0.3) is 0 Å². The maximum absolute atomic E-state index is 11.7. The molecule has 0 saturated carbocycles. The number of nitrogens with two attached hydrogens (primary N) is 1. The second-order valence-electron chi connectivity index (χ2n) is 4.21. The Hall–Kier alpha value is -3.09. The van der Waals surface area contributed by atoms with E-state index < -0.39 is 6.03 Å². The van der Waals surface area contributed by atoms with Crippen molar-refractivity contribution >= 4 is 23.6 Å². The predicted octanol–water partition coefficient (Wildman–Crippen LogP) is 1.89. The Bertz CT molecular complexity index is 613. The topological polar surface area (TPSA) is 109 Å². The molecule has 2 rings (SSSR count). The van der Waals surface area contributed by atoms with Gasteiger partial charge in [0.1, 0.15) is 5.82 Å². The third-order valence-corrected chi connectivity index (χ3v) is 2.59. The first kappa shape index (κ1) is 14.3. The zero-order valence-corrected chi connectivity index (χ0v) is 11.2. The minimum absolute atomic E-state index is 0.343. The molecule has 1 aromatic heterocycles. The van der Waals surface area contributed by atoms with Gasteiger partial charge in [-0.25, -0.2) is 14.6 Å². The fraction of sp³-hybridized carbons (Fsp3) is 0.0714. The Morgan fingerprint density at radius 3 is 2.43 bits per heavy atom. The molecule has 21 heavy (non-hydrogen) atoms. The summed E-state index contributed by atoms with van der Waals surface area (Å²) in [6.07, 6.45) is 1.59. The molecule has 108 valence electrons. The number of hydrogen-bond acceptors (Lipinski definition) is 3. The highest BCUT2D eigenvalue weighted by Crippen LogP contribution is 2.10. The highest BCUT2D eigenvalue weighted by molar-refractivity contribution is 5.99. The van der Waals surface area contributed by atoms with Crippen LogP contribution in [0, 0.1) is 0 Å². The largest absolute Gasteiger partial charge is 0.352 e. The fourth-order valence-electron chi connectivity index (χ4n) is 1.61. The summed E-state index contributed by atoms with van der Waals surface area (Å²) in [4.78, 5) is 26.3. The van der Waals surface area contributed by atoms with E-state index >= 15 is 0 Å². The van der Waals surface area contributed by atoms with Gasteiger partial charge in [0, 0.05) is 18.4 Å². The van der Waals surface area contributed by atoms with Crippen molar-refractivity contribution in [3.05, 3.63) is 54.2 Å². The Morgan fingerprint density at radius 1 is 1.05 bits per heavy atom. The van der Waals surface area contributed by atoms with Gasteiger partial charge in [-0.1, -0.05) is 18.2 Å². The fourth-order valence-corrected chi connectivity index (χ4v) is 1.61. The summed E-state index contributed by atoms with van der Waals surface area (Å²) in [6, 6.07) is 11.3. The van der Waals surface area contributed by atoms with E-state index in [1.807, 2.05) is 0 Å². The van der Waals surface area contributed by atoms with Crippen LogP contribution in [-0.4, -0.2) is 17.0 Å².